The highest BCUT2D eigenvalue weighted by Crippen LogP contribution is 2.33. The zero-order valence-electron chi connectivity index (χ0n) is 13.6. The van der Waals surface area contributed by atoms with E-state index in [0.717, 1.165) is 11.1 Å². The minimum absolute atomic E-state index is 0.163. The molecule has 0 amide bonds. The predicted octanol–water partition coefficient (Wildman–Crippen LogP) is 3.69. The first kappa shape index (κ1) is 17.1. The standard InChI is InChI=1S/C18H21NO3S/c1-5-12-19(17-13-15(3)8-11-18(17)22-4)23(20,21)16-9-6-14(2)7-10-16/h5-11,13H,1,12H2,2-4H3. The third-order valence-corrected chi connectivity index (χ3v) is 5.30. The van der Waals surface area contributed by atoms with Gasteiger partial charge in [0.25, 0.3) is 10.0 Å². The first-order valence-electron chi connectivity index (χ1n) is 7.25. The molecule has 0 atom stereocenters. The molecule has 0 aliphatic carbocycles. The second-order valence-corrected chi connectivity index (χ2v) is 7.18. The van der Waals surface area contributed by atoms with Crippen LogP contribution < -0.4 is 9.04 Å². The van der Waals surface area contributed by atoms with Gasteiger partial charge >= 0.3 is 0 Å². The van der Waals surface area contributed by atoms with Gasteiger partial charge in [-0.25, -0.2) is 8.42 Å². The molecular formula is C18H21NO3S. The average Bonchev–Trinajstić information content (AvgIpc) is 2.53. The monoisotopic (exact) mass is 331 g/mol. The van der Waals surface area contributed by atoms with Gasteiger partial charge < -0.3 is 4.74 Å². The Hall–Kier alpha value is -2.27. The Morgan fingerprint density at radius 1 is 1.09 bits per heavy atom. The van der Waals surface area contributed by atoms with Crippen LogP contribution in [0.5, 0.6) is 5.75 Å². The van der Waals surface area contributed by atoms with Crippen molar-refractivity contribution < 1.29 is 13.2 Å². The molecule has 0 aliphatic heterocycles. The van der Waals surface area contributed by atoms with Gasteiger partial charge in [0.1, 0.15) is 5.75 Å². The lowest BCUT2D eigenvalue weighted by atomic mass is 10.2. The van der Waals surface area contributed by atoms with Crippen LogP contribution in [0.25, 0.3) is 0 Å². The van der Waals surface area contributed by atoms with Crippen LogP contribution in [-0.4, -0.2) is 22.1 Å². The van der Waals surface area contributed by atoms with E-state index < -0.39 is 10.0 Å². The van der Waals surface area contributed by atoms with E-state index in [4.69, 9.17) is 4.74 Å². The number of anilines is 1. The molecule has 23 heavy (non-hydrogen) atoms. The lowest BCUT2D eigenvalue weighted by Gasteiger charge is -2.25. The van der Waals surface area contributed by atoms with Crippen molar-refractivity contribution >= 4 is 15.7 Å². The highest BCUT2D eigenvalue weighted by Gasteiger charge is 2.26. The van der Waals surface area contributed by atoms with Crippen LogP contribution in [-0.2, 0) is 10.0 Å². The molecule has 0 aromatic heterocycles. The molecule has 0 bridgehead atoms. The number of rotatable bonds is 6. The predicted molar refractivity (Wildman–Crippen MR) is 93.6 cm³/mol. The van der Waals surface area contributed by atoms with Crippen LogP contribution in [0, 0.1) is 13.8 Å². The van der Waals surface area contributed by atoms with E-state index in [1.165, 1.54) is 11.4 Å². The number of methoxy groups -OCH3 is 1. The van der Waals surface area contributed by atoms with Crippen LogP contribution in [0.15, 0.2) is 60.0 Å². The molecule has 0 saturated heterocycles. The Morgan fingerprint density at radius 2 is 1.70 bits per heavy atom. The van der Waals surface area contributed by atoms with Crippen molar-refractivity contribution in [3.05, 3.63) is 66.2 Å². The summed E-state index contributed by atoms with van der Waals surface area (Å²) in [5, 5.41) is 0. The van der Waals surface area contributed by atoms with Crippen molar-refractivity contribution in [3.63, 3.8) is 0 Å². The van der Waals surface area contributed by atoms with Gasteiger partial charge in [-0.15, -0.1) is 6.58 Å². The first-order chi connectivity index (χ1) is 10.9. The molecule has 0 radical (unpaired) electrons. The summed E-state index contributed by atoms with van der Waals surface area (Å²) in [6.45, 7) is 7.67. The number of benzene rings is 2. The molecule has 0 spiro atoms. The summed E-state index contributed by atoms with van der Waals surface area (Å²) in [7, 11) is -2.17. The maximum absolute atomic E-state index is 13.0. The van der Waals surface area contributed by atoms with Crippen LogP contribution in [0.1, 0.15) is 11.1 Å². The number of ether oxygens (including phenoxy) is 1. The van der Waals surface area contributed by atoms with Crippen molar-refractivity contribution in [2.24, 2.45) is 0 Å². The smallest absolute Gasteiger partial charge is 0.264 e. The summed E-state index contributed by atoms with van der Waals surface area (Å²) in [5.74, 6) is 0.508. The minimum atomic E-state index is -3.70. The van der Waals surface area contributed by atoms with E-state index in [9.17, 15) is 8.42 Å². The fourth-order valence-corrected chi connectivity index (χ4v) is 3.71. The normalized spacial score (nSPS) is 11.1. The summed E-state index contributed by atoms with van der Waals surface area (Å²) in [6.07, 6.45) is 1.56. The third kappa shape index (κ3) is 3.56. The molecule has 0 heterocycles. The lowest BCUT2D eigenvalue weighted by Crippen LogP contribution is -2.31. The van der Waals surface area contributed by atoms with Crippen LogP contribution in [0.3, 0.4) is 0 Å². The van der Waals surface area contributed by atoms with E-state index in [1.807, 2.05) is 19.9 Å². The summed E-state index contributed by atoms with van der Waals surface area (Å²) < 4.78 is 32.7. The summed E-state index contributed by atoms with van der Waals surface area (Å²) in [6, 6.07) is 12.2. The topological polar surface area (TPSA) is 46.6 Å². The minimum Gasteiger partial charge on any atom is -0.495 e. The van der Waals surface area contributed by atoms with Crippen LogP contribution >= 0.6 is 0 Å². The second-order valence-electron chi connectivity index (χ2n) is 5.31. The van der Waals surface area contributed by atoms with E-state index >= 15 is 0 Å². The van der Waals surface area contributed by atoms with E-state index in [2.05, 4.69) is 6.58 Å². The maximum atomic E-state index is 13.0. The summed E-state index contributed by atoms with van der Waals surface area (Å²) in [4.78, 5) is 0.244. The number of aryl methyl sites for hydroxylation is 2. The summed E-state index contributed by atoms with van der Waals surface area (Å²) in [5.41, 5.74) is 2.47. The fourth-order valence-electron chi connectivity index (χ4n) is 2.28. The van der Waals surface area contributed by atoms with Gasteiger partial charge in [0.15, 0.2) is 0 Å². The zero-order valence-corrected chi connectivity index (χ0v) is 14.4. The van der Waals surface area contributed by atoms with Gasteiger partial charge in [-0.05, 0) is 43.7 Å². The molecule has 0 fully saturated rings. The number of sulfonamides is 1. The van der Waals surface area contributed by atoms with Crippen molar-refractivity contribution in [2.45, 2.75) is 18.7 Å². The molecule has 0 saturated carbocycles. The molecule has 5 heteroatoms. The number of nitrogens with zero attached hydrogens (tertiary/aromatic N) is 1. The molecule has 4 nitrogen and oxygen atoms in total. The van der Waals surface area contributed by atoms with Crippen molar-refractivity contribution in [1.29, 1.82) is 0 Å². The Kier molecular flexibility index (Phi) is 5.11. The number of hydrogen-bond acceptors (Lipinski definition) is 3. The molecule has 0 aliphatic rings. The van der Waals surface area contributed by atoms with Crippen molar-refractivity contribution in [2.75, 3.05) is 18.0 Å². The van der Waals surface area contributed by atoms with E-state index in [-0.39, 0.29) is 11.4 Å². The van der Waals surface area contributed by atoms with Crippen LogP contribution in [0.4, 0.5) is 5.69 Å². The SMILES string of the molecule is C=CCN(c1cc(C)ccc1OC)S(=O)(=O)c1ccc(C)cc1. The number of hydrogen-bond donors (Lipinski definition) is 0. The van der Waals surface area contributed by atoms with Crippen LogP contribution in [0.2, 0.25) is 0 Å². The van der Waals surface area contributed by atoms with Gasteiger partial charge in [-0.2, -0.15) is 0 Å². The van der Waals surface area contributed by atoms with Gasteiger partial charge in [0.2, 0.25) is 0 Å². The highest BCUT2D eigenvalue weighted by molar-refractivity contribution is 7.92. The van der Waals surface area contributed by atoms with E-state index in [1.54, 1.807) is 42.5 Å². The molecule has 0 unspecified atom stereocenters. The Balaban J connectivity index is 2.60. The fraction of sp³-hybridized carbons (Fsp3) is 0.222. The Labute approximate surface area is 138 Å². The van der Waals surface area contributed by atoms with Gasteiger partial charge in [-0.1, -0.05) is 29.8 Å². The largest absolute Gasteiger partial charge is 0.495 e. The molecule has 2 aromatic carbocycles. The van der Waals surface area contributed by atoms with Gasteiger partial charge in [0.05, 0.1) is 24.2 Å². The van der Waals surface area contributed by atoms with Gasteiger partial charge in [-0.3, -0.25) is 4.31 Å². The lowest BCUT2D eigenvalue weighted by molar-refractivity contribution is 0.415. The quantitative estimate of drug-likeness (QED) is 0.758. The Bertz CT molecular complexity index is 796. The summed E-state index contributed by atoms with van der Waals surface area (Å²) >= 11 is 0. The third-order valence-electron chi connectivity index (χ3n) is 3.51. The first-order valence-corrected chi connectivity index (χ1v) is 8.69. The Morgan fingerprint density at radius 3 is 2.26 bits per heavy atom. The molecule has 2 aromatic rings. The van der Waals surface area contributed by atoms with Gasteiger partial charge in [0, 0.05) is 0 Å². The second kappa shape index (κ2) is 6.87. The average molecular weight is 331 g/mol. The molecule has 122 valence electrons. The zero-order chi connectivity index (χ0) is 17.0. The highest BCUT2D eigenvalue weighted by atomic mass is 32.2. The van der Waals surface area contributed by atoms with Crippen molar-refractivity contribution in [1.82, 2.24) is 0 Å². The van der Waals surface area contributed by atoms with E-state index in [0.29, 0.717) is 11.4 Å². The van der Waals surface area contributed by atoms with Crippen molar-refractivity contribution in [3.8, 4) is 5.75 Å². The molecule has 0 N–H and O–H groups in total. The molecular weight excluding hydrogens is 310 g/mol. The maximum Gasteiger partial charge on any atom is 0.264 e. The molecule has 2 rings (SSSR count).